The molecule has 0 aromatic rings. The van der Waals surface area contributed by atoms with Crippen LogP contribution in [0.4, 0.5) is 0 Å². The van der Waals surface area contributed by atoms with Crippen LogP contribution in [-0.2, 0) is 19.4 Å². The molecule has 0 atom stereocenters. The van der Waals surface area contributed by atoms with Gasteiger partial charge in [0, 0.05) is 32.8 Å². The lowest BCUT2D eigenvalue weighted by atomic mass is 9.94. The lowest BCUT2D eigenvalue weighted by Gasteiger charge is -2.39. The van der Waals surface area contributed by atoms with Gasteiger partial charge in [0.05, 0.1) is 0 Å². The molecule has 5 heteroatoms. The Morgan fingerprint density at radius 2 is 1.17 bits per heavy atom. The van der Waals surface area contributed by atoms with E-state index in [4.69, 9.17) is 19.8 Å². The zero-order valence-electron chi connectivity index (χ0n) is 11.2. The Labute approximate surface area is 108 Å². The molecule has 0 amide bonds. The summed E-state index contributed by atoms with van der Waals surface area (Å²) in [6.07, 6.45) is 9.41. The van der Waals surface area contributed by atoms with E-state index in [2.05, 4.69) is 4.89 Å². The molecule has 0 bridgehead atoms. The molecule has 0 aliphatic heterocycles. The quantitative estimate of drug-likeness (QED) is 0.466. The number of rotatable bonds is 5. The Hall–Kier alpha value is -0.200. The van der Waals surface area contributed by atoms with E-state index in [9.17, 15) is 0 Å². The highest BCUT2D eigenvalue weighted by Crippen LogP contribution is 2.37. The molecule has 0 radical (unpaired) electrons. The Kier molecular flexibility index (Phi) is 4.98. The van der Waals surface area contributed by atoms with Gasteiger partial charge in [-0.15, -0.1) is 0 Å². The van der Waals surface area contributed by atoms with Gasteiger partial charge in [0.1, 0.15) is 0 Å². The van der Waals surface area contributed by atoms with Crippen molar-refractivity contribution < 1.29 is 24.7 Å². The molecule has 2 aliphatic rings. The second-order valence-electron chi connectivity index (χ2n) is 5.40. The summed E-state index contributed by atoms with van der Waals surface area (Å²) in [7, 11) is 1.64. The molecule has 2 saturated carbocycles. The summed E-state index contributed by atoms with van der Waals surface area (Å²) in [5.41, 5.74) is 0. The molecule has 0 aromatic heterocycles. The van der Waals surface area contributed by atoms with Crippen molar-refractivity contribution in [3.63, 3.8) is 0 Å². The Morgan fingerprint density at radius 1 is 0.722 bits per heavy atom. The lowest BCUT2D eigenvalue weighted by molar-refractivity contribution is -0.550. The van der Waals surface area contributed by atoms with Crippen LogP contribution < -0.4 is 0 Å². The summed E-state index contributed by atoms with van der Waals surface area (Å²) in [6.45, 7) is 0. The maximum Gasteiger partial charge on any atom is 0.233 e. The van der Waals surface area contributed by atoms with E-state index >= 15 is 0 Å². The van der Waals surface area contributed by atoms with Crippen molar-refractivity contribution in [3.05, 3.63) is 0 Å². The molecule has 0 heterocycles. The van der Waals surface area contributed by atoms with Gasteiger partial charge in [-0.2, -0.15) is 9.78 Å². The fraction of sp³-hybridized carbons (Fsp3) is 1.00. The number of hydrogen-bond donors (Lipinski definition) is 1. The van der Waals surface area contributed by atoms with Crippen molar-refractivity contribution in [1.82, 2.24) is 0 Å². The molecular formula is C13H24O5. The van der Waals surface area contributed by atoms with Crippen LogP contribution >= 0.6 is 0 Å². The van der Waals surface area contributed by atoms with Crippen molar-refractivity contribution in [2.45, 2.75) is 75.8 Å². The van der Waals surface area contributed by atoms with E-state index in [-0.39, 0.29) is 0 Å². The van der Waals surface area contributed by atoms with E-state index in [1.165, 1.54) is 6.42 Å². The van der Waals surface area contributed by atoms with Gasteiger partial charge < -0.3 is 4.74 Å². The summed E-state index contributed by atoms with van der Waals surface area (Å²) in [4.78, 5) is 15.6. The largest absolute Gasteiger partial charge is 0.351 e. The maximum atomic E-state index is 9.08. The van der Waals surface area contributed by atoms with Crippen LogP contribution in [0.3, 0.4) is 0 Å². The third kappa shape index (κ3) is 3.22. The summed E-state index contributed by atoms with van der Waals surface area (Å²) in [6, 6.07) is 0. The summed E-state index contributed by atoms with van der Waals surface area (Å²) >= 11 is 0. The zero-order valence-corrected chi connectivity index (χ0v) is 11.2. The van der Waals surface area contributed by atoms with Crippen LogP contribution in [0.15, 0.2) is 0 Å². The third-order valence-electron chi connectivity index (χ3n) is 4.11. The minimum Gasteiger partial charge on any atom is -0.351 e. The van der Waals surface area contributed by atoms with Crippen molar-refractivity contribution in [3.8, 4) is 0 Å². The minimum absolute atomic E-state index is 0.656. The lowest BCUT2D eigenvalue weighted by Crippen LogP contribution is -2.44. The average Bonchev–Trinajstić information content (AvgIpc) is 2.47. The highest BCUT2D eigenvalue weighted by atomic mass is 17.3. The van der Waals surface area contributed by atoms with Gasteiger partial charge in [-0.05, 0) is 25.7 Å². The SMILES string of the molecule is COC1(OOC2(OO)CCCCC2)CCCCC1. The number of ether oxygens (including phenoxy) is 1. The normalized spacial score (nSPS) is 27.0. The van der Waals surface area contributed by atoms with Crippen LogP contribution in [0.1, 0.15) is 64.2 Å². The van der Waals surface area contributed by atoms with Gasteiger partial charge in [0.15, 0.2) is 0 Å². The zero-order chi connectivity index (χ0) is 12.9. The van der Waals surface area contributed by atoms with Crippen LogP contribution in [-0.4, -0.2) is 23.9 Å². The first kappa shape index (κ1) is 14.2. The third-order valence-corrected chi connectivity index (χ3v) is 4.11. The predicted octanol–water partition coefficient (Wildman–Crippen LogP) is 3.39. The first-order valence-electron chi connectivity index (χ1n) is 6.99. The van der Waals surface area contributed by atoms with Gasteiger partial charge in [-0.3, -0.25) is 0 Å². The van der Waals surface area contributed by atoms with Crippen molar-refractivity contribution in [1.29, 1.82) is 0 Å². The van der Waals surface area contributed by atoms with E-state index < -0.39 is 11.6 Å². The highest BCUT2D eigenvalue weighted by molar-refractivity contribution is 4.76. The molecule has 0 unspecified atom stereocenters. The van der Waals surface area contributed by atoms with Crippen LogP contribution in [0.2, 0.25) is 0 Å². The molecule has 18 heavy (non-hydrogen) atoms. The van der Waals surface area contributed by atoms with Crippen molar-refractivity contribution >= 4 is 0 Å². The molecule has 2 rings (SSSR count). The Balaban J connectivity index is 1.91. The molecule has 1 N–H and O–H groups in total. The van der Waals surface area contributed by atoms with Crippen molar-refractivity contribution in [2.24, 2.45) is 0 Å². The second kappa shape index (κ2) is 6.30. The number of hydrogen-bond acceptors (Lipinski definition) is 5. The van der Waals surface area contributed by atoms with Crippen LogP contribution in [0.5, 0.6) is 0 Å². The Morgan fingerprint density at radius 3 is 1.61 bits per heavy atom. The molecule has 2 aliphatic carbocycles. The van der Waals surface area contributed by atoms with E-state index in [1.54, 1.807) is 7.11 Å². The van der Waals surface area contributed by atoms with Crippen LogP contribution in [0, 0.1) is 0 Å². The van der Waals surface area contributed by atoms with Gasteiger partial charge in [0.2, 0.25) is 11.6 Å². The molecular weight excluding hydrogens is 236 g/mol. The minimum atomic E-state index is -0.999. The van der Waals surface area contributed by atoms with E-state index in [0.717, 1.165) is 44.9 Å². The summed E-state index contributed by atoms with van der Waals surface area (Å²) in [5, 5.41) is 9.08. The maximum absolute atomic E-state index is 9.08. The van der Waals surface area contributed by atoms with E-state index in [1.807, 2.05) is 0 Å². The fourth-order valence-electron chi connectivity index (χ4n) is 2.84. The average molecular weight is 260 g/mol. The molecule has 5 nitrogen and oxygen atoms in total. The monoisotopic (exact) mass is 260 g/mol. The second-order valence-corrected chi connectivity index (χ2v) is 5.40. The van der Waals surface area contributed by atoms with Crippen molar-refractivity contribution in [2.75, 3.05) is 7.11 Å². The van der Waals surface area contributed by atoms with Gasteiger partial charge in [-0.1, -0.05) is 12.8 Å². The highest BCUT2D eigenvalue weighted by Gasteiger charge is 2.41. The summed E-state index contributed by atoms with van der Waals surface area (Å²) < 4.78 is 5.47. The standard InChI is InChI=1S/C13H24O5/c1-15-12(8-4-2-5-9-12)17-18-13(16-14)10-6-3-7-11-13/h14H,2-11H2,1H3. The molecule has 0 saturated heterocycles. The summed E-state index contributed by atoms with van der Waals surface area (Å²) in [5.74, 6) is -1.66. The smallest absolute Gasteiger partial charge is 0.233 e. The van der Waals surface area contributed by atoms with Gasteiger partial charge in [0.25, 0.3) is 0 Å². The molecule has 2 fully saturated rings. The van der Waals surface area contributed by atoms with E-state index in [0.29, 0.717) is 12.8 Å². The number of methoxy groups -OCH3 is 1. The molecule has 106 valence electrons. The fourth-order valence-corrected chi connectivity index (χ4v) is 2.84. The first-order valence-corrected chi connectivity index (χ1v) is 6.99. The van der Waals surface area contributed by atoms with Gasteiger partial charge in [-0.25, -0.2) is 10.1 Å². The first-order chi connectivity index (χ1) is 8.74. The van der Waals surface area contributed by atoms with Gasteiger partial charge >= 0.3 is 0 Å². The van der Waals surface area contributed by atoms with Crippen LogP contribution in [0.25, 0.3) is 0 Å². The topological polar surface area (TPSA) is 57.2 Å². The predicted molar refractivity (Wildman–Crippen MR) is 64.5 cm³/mol. The molecule has 0 spiro atoms. The molecule has 0 aromatic carbocycles. The Bertz CT molecular complexity index is 218.